The summed E-state index contributed by atoms with van der Waals surface area (Å²) in [5.41, 5.74) is 0.702. The maximum absolute atomic E-state index is 12.7. The number of thiazole rings is 1. The standard InChI is InChI=1S/C14H12N4O6S2/c1-18(13-12(14(21)22)16-7-25-13)26(23,24)9-2-3-10(8(4-9)5-15)17-11(20)6-19/h2-4,7,19H,6H2,1H3,(H,17,20)(H,21,22). The van der Waals surface area contributed by atoms with E-state index in [4.69, 9.17) is 10.2 Å². The summed E-state index contributed by atoms with van der Waals surface area (Å²) in [7, 11) is -3.00. The van der Waals surface area contributed by atoms with Gasteiger partial charge in [0.05, 0.1) is 21.7 Å². The number of carboxylic acids is 1. The van der Waals surface area contributed by atoms with Crippen molar-refractivity contribution in [3.63, 3.8) is 0 Å². The van der Waals surface area contributed by atoms with Gasteiger partial charge in [0.2, 0.25) is 5.91 Å². The molecule has 1 aromatic carbocycles. The molecule has 1 aromatic heterocycles. The van der Waals surface area contributed by atoms with Gasteiger partial charge in [-0.15, -0.1) is 11.3 Å². The minimum Gasteiger partial charge on any atom is -0.476 e. The van der Waals surface area contributed by atoms with Crippen LogP contribution in [0.4, 0.5) is 10.7 Å². The summed E-state index contributed by atoms with van der Waals surface area (Å²) in [6.45, 7) is -0.795. The molecule has 0 spiro atoms. The third kappa shape index (κ3) is 3.64. The van der Waals surface area contributed by atoms with Crippen molar-refractivity contribution in [3.8, 4) is 6.07 Å². The Balaban J connectivity index is 2.46. The zero-order valence-electron chi connectivity index (χ0n) is 13.2. The minimum absolute atomic E-state index is 0.0390. The lowest BCUT2D eigenvalue weighted by molar-refractivity contribution is -0.118. The van der Waals surface area contributed by atoms with Gasteiger partial charge in [-0.2, -0.15) is 5.26 Å². The van der Waals surface area contributed by atoms with Crippen LogP contribution in [-0.2, 0) is 14.8 Å². The first kappa shape index (κ1) is 19.3. The monoisotopic (exact) mass is 396 g/mol. The predicted octanol–water partition coefficient (Wildman–Crippen LogP) is 0.469. The normalized spacial score (nSPS) is 10.8. The van der Waals surface area contributed by atoms with E-state index in [1.165, 1.54) is 18.6 Å². The molecule has 0 fully saturated rings. The molecule has 0 atom stereocenters. The number of anilines is 2. The first-order valence-electron chi connectivity index (χ1n) is 6.83. The fraction of sp³-hybridized carbons (Fsp3) is 0.143. The molecule has 3 N–H and O–H groups in total. The van der Waals surface area contributed by atoms with Gasteiger partial charge >= 0.3 is 5.97 Å². The van der Waals surface area contributed by atoms with Crippen LogP contribution < -0.4 is 9.62 Å². The van der Waals surface area contributed by atoms with E-state index in [0.717, 1.165) is 27.8 Å². The average molecular weight is 396 g/mol. The summed E-state index contributed by atoms with van der Waals surface area (Å²) in [6.07, 6.45) is 0. The maximum atomic E-state index is 12.7. The van der Waals surface area contributed by atoms with Gasteiger partial charge in [-0.05, 0) is 18.2 Å². The first-order chi connectivity index (χ1) is 12.2. The molecular formula is C14H12N4O6S2. The van der Waals surface area contributed by atoms with Crippen molar-refractivity contribution in [3.05, 3.63) is 35.0 Å². The van der Waals surface area contributed by atoms with Crippen molar-refractivity contribution in [1.29, 1.82) is 5.26 Å². The van der Waals surface area contributed by atoms with Crippen molar-refractivity contribution >= 4 is 43.9 Å². The van der Waals surface area contributed by atoms with E-state index in [1.807, 2.05) is 0 Å². The number of carbonyl (C=O) groups is 2. The molecule has 1 amide bonds. The van der Waals surface area contributed by atoms with Crippen LogP contribution in [0.5, 0.6) is 0 Å². The van der Waals surface area contributed by atoms with E-state index in [1.54, 1.807) is 6.07 Å². The Morgan fingerprint density at radius 3 is 2.69 bits per heavy atom. The highest BCUT2D eigenvalue weighted by Crippen LogP contribution is 2.30. The van der Waals surface area contributed by atoms with Crippen molar-refractivity contribution in [2.24, 2.45) is 0 Å². The van der Waals surface area contributed by atoms with Crippen LogP contribution in [0.25, 0.3) is 0 Å². The Labute approximate surface area is 152 Å². The van der Waals surface area contributed by atoms with Crippen LogP contribution in [0.1, 0.15) is 16.1 Å². The molecule has 0 saturated heterocycles. The van der Waals surface area contributed by atoms with E-state index < -0.39 is 34.2 Å². The van der Waals surface area contributed by atoms with Crippen molar-refractivity contribution < 1.29 is 28.2 Å². The Bertz CT molecular complexity index is 1010. The molecule has 2 aromatic rings. The predicted molar refractivity (Wildman–Crippen MR) is 91.5 cm³/mol. The molecule has 1 heterocycles. The van der Waals surface area contributed by atoms with E-state index in [0.29, 0.717) is 0 Å². The molecule has 0 unspecified atom stereocenters. The van der Waals surface area contributed by atoms with Gasteiger partial charge in [0.1, 0.15) is 17.7 Å². The number of hydrogen-bond acceptors (Lipinski definition) is 8. The SMILES string of the molecule is CN(c1scnc1C(=O)O)S(=O)(=O)c1ccc(NC(=O)CO)c(C#N)c1. The summed E-state index contributed by atoms with van der Waals surface area (Å²) >= 11 is 0.837. The Hall–Kier alpha value is -3.01. The molecule has 2 rings (SSSR count). The molecule has 12 heteroatoms. The number of nitrogens with zero attached hydrogens (tertiary/aromatic N) is 3. The summed E-state index contributed by atoms with van der Waals surface area (Å²) in [4.78, 5) is 25.7. The number of benzene rings is 1. The fourth-order valence-corrected chi connectivity index (χ4v) is 4.16. The summed E-state index contributed by atoms with van der Waals surface area (Å²) < 4.78 is 26.2. The smallest absolute Gasteiger partial charge is 0.357 e. The summed E-state index contributed by atoms with van der Waals surface area (Å²) in [5, 5.41) is 29.2. The molecule has 0 saturated carbocycles. The van der Waals surface area contributed by atoms with Crippen LogP contribution in [0.3, 0.4) is 0 Å². The molecule has 0 bridgehead atoms. The Morgan fingerprint density at radius 2 is 2.12 bits per heavy atom. The lowest BCUT2D eigenvalue weighted by Crippen LogP contribution is -2.27. The zero-order valence-corrected chi connectivity index (χ0v) is 14.8. The number of amides is 1. The van der Waals surface area contributed by atoms with Crippen LogP contribution in [0.15, 0.2) is 28.6 Å². The minimum atomic E-state index is -4.17. The molecule has 26 heavy (non-hydrogen) atoms. The number of hydrogen-bond donors (Lipinski definition) is 3. The van der Waals surface area contributed by atoms with E-state index in [2.05, 4.69) is 10.3 Å². The molecular weight excluding hydrogens is 384 g/mol. The first-order valence-corrected chi connectivity index (χ1v) is 9.15. The second-order valence-corrected chi connectivity index (χ2v) is 7.61. The molecule has 10 nitrogen and oxygen atoms in total. The number of nitrogens with one attached hydrogen (secondary N) is 1. The van der Waals surface area contributed by atoms with Gasteiger partial charge in [-0.3, -0.25) is 9.10 Å². The second-order valence-electron chi connectivity index (χ2n) is 4.81. The van der Waals surface area contributed by atoms with Crippen LogP contribution in [0.2, 0.25) is 0 Å². The van der Waals surface area contributed by atoms with Crippen LogP contribution in [-0.4, -0.2) is 49.1 Å². The molecule has 0 radical (unpaired) electrons. The number of sulfonamides is 1. The highest BCUT2D eigenvalue weighted by molar-refractivity contribution is 7.93. The largest absolute Gasteiger partial charge is 0.476 e. The van der Waals surface area contributed by atoms with Gasteiger partial charge in [-0.1, -0.05) is 0 Å². The zero-order chi connectivity index (χ0) is 19.5. The lowest BCUT2D eigenvalue weighted by Gasteiger charge is -2.18. The Morgan fingerprint density at radius 1 is 1.42 bits per heavy atom. The number of nitriles is 1. The number of carbonyl (C=O) groups excluding carboxylic acids is 1. The van der Waals surface area contributed by atoms with Crippen molar-refractivity contribution in [2.45, 2.75) is 4.90 Å². The summed E-state index contributed by atoms with van der Waals surface area (Å²) in [5.74, 6) is -2.13. The highest BCUT2D eigenvalue weighted by atomic mass is 32.2. The summed E-state index contributed by atoms with van der Waals surface area (Å²) in [6, 6.07) is 5.16. The fourth-order valence-electron chi connectivity index (χ4n) is 1.95. The number of carboxylic acid groups (broad SMARTS) is 1. The van der Waals surface area contributed by atoms with E-state index >= 15 is 0 Å². The Kier molecular flexibility index (Phi) is 5.56. The molecule has 0 aliphatic heterocycles. The topological polar surface area (TPSA) is 161 Å². The van der Waals surface area contributed by atoms with Crippen LogP contribution >= 0.6 is 11.3 Å². The number of aromatic nitrogens is 1. The molecule has 0 aliphatic carbocycles. The van der Waals surface area contributed by atoms with Gasteiger partial charge in [0, 0.05) is 7.05 Å². The maximum Gasteiger partial charge on any atom is 0.357 e. The second kappa shape index (κ2) is 7.48. The third-order valence-electron chi connectivity index (χ3n) is 3.22. The van der Waals surface area contributed by atoms with Gasteiger partial charge in [0.15, 0.2) is 5.69 Å². The quantitative estimate of drug-likeness (QED) is 0.635. The van der Waals surface area contributed by atoms with Gasteiger partial charge < -0.3 is 15.5 Å². The number of aromatic carboxylic acids is 1. The number of rotatable bonds is 6. The van der Waals surface area contributed by atoms with E-state index in [-0.39, 0.29) is 21.1 Å². The average Bonchev–Trinajstić information content (AvgIpc) is 3.10. The third-order valence-corrected chi connectivity index (χ3v) is 6.00. The molecule has 0 aliphatic rings. The van der Waals surface area contributed by atoms with Crippen molar-refractivity contribution in [2.75, 3.05) is 23.3 Å². The molecule has 136 valence electrons. The number of aliphatic hydroxyl groups excluding tert-OH is 1. The van der Waals surface area contributed by atoms with E-state index in [9.17, 15) is 23.3 Å². The highest BCUT2D eigenvalue weighted by Gasteiger charge is 2.28. The lowest BCUT2D eigenvalue weighted by atomic mass is 10.2. The van der Waals surface area contributed by atoms with Gasteiger partial charge in [0.25, 0.3) is 10.0 Å². The van der Waals surface area contributed by atoms with Crippen LogP contribution in [0, 0.1) is 11.3 Å². The number of aliphatic hydroxyl groups is 1. The van der Waals surface area contributed by atoms with Gasteiger partial charge in [-0.25, -0.2) is 18.2 Å². The van der Waals surface area contributed by atoms with Crippen molar-refractivity contribution in [1.82, 2.24) is 4.98 Å².